The third-order valence-electron chi connectivity index (χ3n) is 4.98. The highest BCUT2D eigenvalue weighted by Crippen LogP contribution is 2.27. The molecule has 7 heteroatoms. The normalized spacial score (nSPS) is 14.7. The van der Waals surface area contributed by atoms with Crippen LogP contribution in [-0.4, -0.2) is 17.6 Å². The summed E-state index contributed by atoms with van der Waals surface area (Å²) in [5.41, 5.74) is 2.22. The molecule has 0 spiro atoms. The van der Waals surface area contributed by atoms with Crippen LogP contribution in [0.5, 0.6) is 11.5 Å². The molecule has 1 amide bonds. The van der Waals surface area contributed by atoms with E-state index in [0.717, 1.165) is 23.4 Å². The fourth-order valence-electron chi connectivity index (χ4n) is 3.43. The number of ether oxygens (including phenoxy) is 2. The van der Waals surface area contributed by atoms with Crippen molar-refractivity contribution in [3.8, 4) is 11.5 Å². The highest BCUT2D eigenvalue weighted by molar-refractivity contribution is 7.80. The number of anilines is 1. The molecule has 1 aliphatic rings. The molecule has 1 saturated heterocycles. The quantitative estimate of drug-likeness (QED) is 0.383. The van der Waals surface area contributed by atoms with Crippen LogP contribution >= 0.6 is 12.2 Å². The van der Waals surface area contributed by atoms with Gasteiger partial charge in [0, 0.05) is 6.08 Å². The Hall–Kier alpha value is -3.58. The van der Waals surface area contributed by atoms with Gasteiger partial charge in [0.15, 0.2) is 5.11 Å². The number of hydrogen-bond acceptors (Lipinski definition) is 5. The van der Waals surface area contributed by atoms with Gasteiger partial charge in [0.1, 0.15) is 35.3 Å². The van der Waals surface area contributed by atoms with Gasteiger partial charge >= 0.3 is 0 Å². The average molecular weight is 449 g/mol. The molecule has 0 saturated carbocycles. The Morgan fingerprint density at radius 3 is 2.44 bits per heavy atom. The maximum absolute atomic E-state index is 13.0. The summed E-state index contributed by atoms with van der Waals surface area (Å²) in [6.07, 6.45) is 2.46. The van der Waals surface area contributed by atoms with Gasteiger partial charge in [-0.25, -0.2) is 0 Å². The first-order chi connectivity index (χ1) is 15.6. The minimum absolute atomic E-state index is 0.209. The number of rotatable bonds is 8. The van der Waals surface area contributed by atoms with Gasteiger partial charge in [-0.3, -0.25) is 9.69 Å². The van der Waals surface area contributed by atoms with Crippen LogP contribution in [0.1, 0.15) is 30.9 Å². The summed E-state index contributed by atoms with van der Waals surface area (Å²) >= 11 is 5.42. The van der Waals surface area contributed by atoms with Gasteiger partial charge in [0.05, 0.1) is 12.3 Å². The van der Waals surface area contributed by atoms with Gasteiger partial charge in [-0.05, 0) is 73.6 Å². The molecule has 1 fully saturated rings. The van der Waals surface area contributed by atoms with Crippen molar-refractivity contribution in [2.75, 3.05) is 11.5 Å². The molecule has 0 aliphatic carbocycles. The standard InChI is InChI=1S/C25H24N2O4S/c1-3-17-7-5-6-8-23(17)27-24(28)22(26-25(27)32)15-20-13-14-21(31-20)16-30-19-11-9-18(10-12-19)29-4-2/h5-15H,3-4,16H2,1-2H3,(H,26,32)/b22-15+. The number of para-hydroxylation sites is 1. The summed E-state index contributed by atoms with van der Waals surface area (Å²) < 4.78 is 17.0. The van der Waals surface area contributed by atoms with Gasteiger partial charge in [-0.15, -0.1) is 0 Å². The predicted molar refractivity (Wildman–Crippen MR) is 128 cm³/mol. The minimum Gasteiger partial charge on any atom is -0.494 e. The molecule has 164 valence electrons. The van der Waals surface area contributed by atoms with E-state index in [1.807, 2.05) is 68.4 Å². The van der Waals surface area contributed by atoms with E-state index in [4.69, 9.17) is 26.1 Å². The van der Waals surface area contributed by atoms with Crippen LogP contribution < -0.4 is 19.7 Å². The van der Waals surface area contributed by atoms with E-state index in [2.05, 4.69) is 5.32 Å². The van der Waals surface area contributed by atoms with Gasteiger partial charge < -0.3 is 19.2 Å². The molecular weight excluding hydrogens is 424 g/mol. The molecule has 0 unspecified atom stereocenters. The Bertz CT molecular complexity index is 1150. The lowest BCUT2D eigenvalue weighted by Gasteiger charge is -2.17. The van der Waals surface area contributed by atoms with Gasteiger partial charge in [-0.2, -0.15) is 0 Å². The Balaban J connectivity index is 1.43. The van der Waals surface area contributed by atoms with Crippen molar-refractivity contribution in [3.63, 3.8) is 0 Å². The molecule has 0 atom stereocenters. The van der Waals surface area contributed by atoms with Crippen molar-refractivity contribution in [1.82, 2.24) is 5.32 Å². The Morgan fingerprint density at radius 2 is 1.72 bits per heavy atom. The van der Waals surface area contributed by atoms with E-state index in [-0.39, 0.29) is 12.5 Å². The predicted octanol–water partition coefficient (Wildman–Crippen LogP) is 5.08. The Morgan fingerprint density at radius 1 is 1.00 bits per heavy atom. The zero-order valence-electron chi connectivity index (χ0n) is 18.0. The summed E-state index contributed by atoms with van der Waals surface area (Å²) in [7, 11) is 0. The van der Waals surface area contributed by atoms with E-state index in [0.29, 0.717) is 34.7 Å². The van der Waals surface area contributed by atoms with Crippen LogP contribution in [-0.2, 0) is 17.8 Å². The molecule has 0 radical (unpaired) electrons. The maximum atomic E-state index is 13.0. The van der Waals surface area contributed by atoms with Crippen molar-refractivity contribution < 1.29 is 18.7 Å². The molecule has 4 rings (SSSR count). The Labute approximate surface area is 192 Å². The summed E-state index contributed by atoms with van der Waals surface area (Å²) in [4.78, 5) is 14.5. The summed E-state index contributed by atoms with van der Waals surface area (Å²) in [5, 5.41) is 3.35. The zero-order valence-corrected chi connectivity index (χ0v) is 18.8. The number of nitrogens with one attached hydrogen (secondary N) is 1. The maximum Gasteiger partial charge on any atom is 0.281 e. The number of nitrogens with zero attached hydrogens (tertiary/aromatic N) is 1. The SMILES string of the molecule is CCOc1ccc(OCc2ccc(/C=C3/NC(=S)N(c4ccccc4CC)C3=O)o2)cc1. The average Bonchev–Trinajstić information content (AvgIpc) is 3.37. The molecular formula is C25H24N2O4S. The van der Waals surface area contributed by atoms with Gasteiger partial charge in [-0.1, -0.05) is 25.1 Å². The van der Waals surface area contributed by atoms with Crippen LogP contribution in [0.15, 0.2) is 70.8 Å². The van der Waals surface area contributed by atoms with Crippen molar-refractivity contribution >= 4 is 35.0 Å². The molecule has 32 heavy (non-hydrogen) atoms. The van der Waals surface area contributed by atoms with E-state index in [9.17, 15) is 4.79 Å². The number of furan rings is 1. The summed E-state index contributed by atoms with van der Waals surface area (Å²) in [6.45, 7) is 4.88. The first-order valence-corrected chi connectivity index (χ1v) is 10.9. The van der Waals surface area contributed by atoms with Crippen LogP contribution in [0, 0.1) is 0 Å². The molecule has 0 bridgehead atoms. The van der Waals surface area contributed by atoms with Crippen molar-refractivity contribution in [1.29, 1.82) is 0 Å². The molecule has 1 N–H and O–H groups in total. The third-order valence-corrected chi connectivity index (χ3v) is 5.26. The number of hydrogen-bond donors (Lipinski definition) is 1. The second kappa shape index (κ2) is 9.70. The molecule has 2 heterocycles. The topological polar surface area (TPSA) is 63.9 Å². The number of amides is 1. The number of thiocarbonyl (C=S) groups is 1. The molecule has 6 nitrogen and oxygen atoms in total. The highest BCUT2D eigenvalue weighted by atomic mass is 32.1. The summed E-state index contributed by atoms with van der Waals surface area (Å²) in [6, 6.07) is 18.8. The van der Waals surface area contributed by atoms with E-state index in [1.165, 1.54) is 4.90 Å². The first kappa shape index (κ1) is 21.6. The number of aryl methyl sites for hydroxylation is 1. The lowest BCUT2D eigenvalue weighted by Crippen LogP contribution is -2.31. The lowest BCUT2D eigenvalue weighted by atomic mass is 10.1. The van der Waals surface area contributed by atoms with Gasteiger partial charge in [0.25, 0.3) is 5.91 Å². The van der Waals surface area contributed by atoms with Crippen LogP contribution in [0.25, 0.3) is 6.08 Å². The lowest BCUT2D eigenvalue weighted by molar-refractivity contribution is -0.113. The van der Waals surface area contributed by atoms with E-state index in [1.54, 1.807) is 12.1 Å². The number of benzene rings is 2. The van der Waals surface area contributed by atoms with Crippen molar-refractivity contribution in [2.24, 2.45) is 0 Å². The fourth-order valence-corrected chi connectivity index (χ4v) is 3.72. The second-order valence-electron chi connectivity index (χ2n) is 7.11. The number of carbonyl (C=O) groups excluding carboxylic acids is 1. The molecule has 1 aromatic heterocycles. The van der Waals surface area contributed by atoms with E-state index >= 15 is 0 Å². The van der Waals surface area contributed by atoms with E-state index < -0.39 is 0 Å². The van der Waals surface area contributed by atoms with Crippen molar-refractivity contribution in [3.05, 3.63) is 83.4 Å². The van der Waals surface area contributed by atoms with Crippen LogP contribution in [0.3, 0.4) is 0 Å². The van der Waals surface area contributed by atoms with Crippen LogP contribution in [0.4, 0.5) is 5.69 Å². The number of carbonyl (C=O) groups is 1. The molecule has 2 aromatic carbocycles. The highest BCUT2D eigenvalue weighted by Gasteiger charge is 2.33. The second-order valence-corrected chi connectivity index (χ2v) is 7.49. The molecule has 1 aliphatic heterocycles. The van der Waals surface area contributed by atoms with Crippen molar-refractivity contribution in [2.45, 2.75) is 26.9 Å². The third kappa shape index (κ3) is 4.68. The Kier molecular flexibility index (Phi) is 6.56. The van der Waals surface area contributed by atoms with Crippen LogP contribution in [0.2, 0.25) is 0 Å². The smallest absolute Gasteiger partial charge is 0.281 e. The molecule has 3 aromatic rings. The zero-order chi connectivity index (χ0) is 22.5. The van der Waals surface area contributed by atoms with Gasteiger partial charge in [0.2, 0.25) is 0 Å². The monoisotopic (exact) mass is 448 g/mol. The minimum atomic E-state index is -0.209. The summed E-state index contributed by atoms with van der Waals surface area (Å²) in [5.74, 6) is 2.49. The fraction of sp³-hybridized carbons (Fsp3) is 0.200. The largest absolute Gasteiger partial charge is 0.494 e. The first-order valence-electron chi connectivity index (χ1n) is 10.5.